The molecular formula is C31H30N2O6S. The third kappa shape index (κ3) is 4.77. The molecule has 1 N–H and O–H groups in total. The van der Waals surface area contributed by atoms with E-state index in [2.05, 4.69) is 0 Å². The average molecular weight is 559 g/mol. The van der Waals surface area contributed by atoms with Crippen molar-refractivity contribution < 1.29 is 24.1 Å². The van der Waals surface area contributed by atoms with Crippen molar-refractivity contribution in [3.63, 3.8) is 0 Å². The van der Waals surface area contributed by atoms with Gasteiger partial charge in [0.2, 0.25) is 0 Å². The first-order valence-corrected chi connectivity index (χ1v) is 13.9. The number of hydrogen-bond donors (Lipinski definition) is 1. The molecule has 0 spiro atoms. The van der Waals surface area contributed by atoms with Gasteiger partial charge in [-0.3, -0.25) is 9.36 Å². The highest BCUT2D eigenvalue weighted by Gasteiger charge is 2.37. The molecule has 0 radical (unpaired) electrons. The van der Waals surface area contributed by atoms with Crippen LogP contribution in [0.25, 0.3) is 16.8 Å². The molecule has 1 atom stereocenters. The number of aromatic nitrogens is 1. The lowest BCUT2D eigenvalue weighted by Gasteiger charge is -2.28. The Morgan fingerprint density at radius 2 is 1.85 bits per heavy atom. The van der Waals surface area contributed by atoms with Crippen LogP contribution in [0.1, 0.15) is 43.9 Å². The molecule has 5 rings (SSSR count). The van der Waals surface area contributed by atoms with E-state index in [1.807, 2.05) is 43.3 Å². The van der Waals surface area contributed by atoms with Crippen molar-refractivity contribution in [2.75, 3.05) is 20.8 Å². The van der Waals surface area contributed by atoms with Crippen LogP contribution in [0.15, 0.2) is 75.7 Å². The molecule has 0 saturated heterocycles. The van der Waals surface area contributed by atoms with E-state index in [-0.39, 0.29) is 17.9 Å². The Morgan fingerprint density at radius 3 is 2.58 bits per heavy atom. The molecule has 40 heavy (non-hydrogen) atoms. The lowest BCUT2D eigenvalue weighted by molar-refractivity contribution is -0.139. The van der Waals surface area contributed by atoms with E-state index in [4.69, 9.17) is 19.2 Å². The Morgan fingerprint density at radius 1 is 1.07 bits per heavy atom. The summed E-state index contributed by atoms with van der Waals surface area (Å²) in [5, 5.41) is 11.8. The van der Waals surface area contributed by atoms with Crippen LogP contribution in [0.4, 0.5) is 0 Å². The van der Waals surface area contributed by atoms with E-state index in [0.717, 1.165) is 17.2 Å². The molecule has 3 aromatic carbocycles. The molecule has 0 fully saturated rings. The maximum atomic E-state index is 14.1. The number of thiazole rings is 1. The van der Waals surface area contributed by atoms with E-state index in [1.54, 1.807) is 36.8 Å². The minimum absolute atomic E-state index is 0.00689. The summed E-state index contributed by atoms with van der Waals surface area (Å²) in [5.41, 5.74) is 2.01. The number of rotatable bonds is 8. The third-order valence-corrected chi connectivity index (χ3v) is 7.80. The molecular weight excluding hydrogens is 528 g/mol. The molecule has 0 saturated carbocycles. The molecule has 1 aliphatic rings. The lowest BCUT2D eigenvalue weighted by atomic mass is 9.90. The predicted molar refractivity (Wildman–Crippen MR) is 155 cm³/mol. The van der Waals surface area contributed by atoms with Gasteiger partial charge < -0.3 is 19.3 Å². The number of esters is 1. The summed E-state index contributed by atoms with van der Waals surface area (Å²) in [6.07, 6.45) is 3.03. The van der Waals surface area contributed by atoms with E-state index in [1.165, 1.54) is 24.5 Å². The lowest BCUT2D eigenvalue weighted by Crippen LogP contribution is -2.40. The molecule has 1 aliphatic heterocycles. The summed E-state index contributed by atoms with van der Waals surface area (Å²) in [6, 6.07) is 15.7. The Labute approximate surface area is 235 Å². The number of aromatic hydroxyl groups is 1. The van der Waals surface area contributed by atoms with Crippen LogP contribution in [0, 0.1) is 0 Å². The van der Waals surface area contributed by atoms with E-state index in [0.29, 0.717) is 49.7 Å². The minimum atomic E-state index is -0.811. The third-order valence-electron chi connectivity index (χ3n) is 6.82. The topological polar surface area (TPSA) is 99.4 Å². The number of phenols is 1. The highest BCUT2D eigenvalue weighted by Crippen LogP contribution is 2.41. The van der Waals surface area contributed by atoms with Crippen molar-refractivity contribution in [3.8, 4) is 17.2 Å². The van der Waals surface area contributed by atoms with Crippen molar-refractivity contribution in [3.05, 3.63) is 96.7 Å². The zero-order chi connectivity index (χ0) is 28.4. The van der Waals surface area contributed by atoms with Crippen molar-refractivity contribution >= 4 is 34.2 Å². The monoisotopic (exact) mass is 558 g/mol. The van der Waals surface area contributed by atoms with Crippen molar-refractivity contribution in [2.45, 2.75) is 32.7 Å². The first kappa shape index (κ1) is 27.2. The number of hydrogen-bond acceptors (Lipinski definition) is 8. The molecule has 9 heteroatoms. The first-order valence-electron chi connectivity index (χ1n) is 13.1. The fourth-order valence-electron chi connectivity index (χ4n) is 5.07. The Balaban J connectivity index is 1.86. The second-order valence-corrected chi connectivity index (χ2v) is 10.3. The Hall–Kier alpha value is -4.37. The minimum Gasteiger partial charge on any atom is -0.504 e. The van der Waals surface area contributed by atoms with Crippen LogP contribution < -0.4 is 24.4 Å². The van der Waals surface area contributed by atoms with Gasteiger partial charge in [0.15, 0.2) is 16.3 Å². The van der Waals surface area contributed by atoms with E-state index < -0.39 is 12.0 Å². The fourth-order valence-corrected chi connectivity index (χ4v) is 6.08. The molecule has 206 valence electrons. The van der Waals surface area contributed by atoms with Crippen LogP contribution in [-0.2, 0) is 9.53 Å². The second kappa shape index (κ2) is 11.4. The van der Waals surface area contributed by atoms with Gasteiger partial charge in [0.25, 0.3) is 5.56 Å². The predicted octanol–water partition coefficient (Wildman–Crippen LogP) is 4.45. The quantitative estimate of drug-likeness (QED) is 0.321. The highest BCUT2D eigenvalue weighted by atomic mass is 32.1. The molecule has 0 aliphatic carbocycles. The molecule has 2 heterocycles. The summed E-state index contributed by atoms with van der Waals surface area (Å²) < 4.78 is 18.6. The van der Waals surface area contributed by atoms with Gasteiger partial charge in [-0.2, -0.15) is 0 Å². The number of allylic oxidation sites excluding steroid dienone is 1. The van der Waals surface area contributed by atoms with E-state index >= 15 is 0 Å². The smallest absolute Gasteiger partial charge is 0.338 e. The summed E-state index contributed by atoms with van der Waals surface area (Å²) in [7, 11) is 3.05. The van der Waals surface area contributed by atoms with E-state index in [9.17, 15) is 14.7 Å². The van der Waals surface area contributed by atoms with Crippen LogP contribution >= 0.6 is 11.3 Å². The van der Waals surface area contributed by atoms with Crippen molar-refractivity contribution in [2.24, 2.45) is 4.99 Å². The summed E-state index contributed by atoms with van der Waals surface area (Å²) >= 11 is 1.25. The Kier molecular flexibility index (Phi) is 7.75. The van der Waals surface area contributed by atoms with Gasteiger partial charge in [-0.05, 0) is 54.0 Å². The van der Waals surface area contributed by atoms with Gasteiger partial charge in [0.1, 0.15) is 11.8 Å². The summed E-state index contributed by atoms with van der Waals surface area (Å²) in [4.78, 5) is 33.0. The standard InChI is InChI=1S/C31H30N2O6S/c1-5-9-21-27(30(36)39-6-2)28(26-20-11-8-7-10-19(20)13-15-23(26)37-3)33-29(35)25(40-31(33)32-21)17-18-12-14-22(34)24(16-18)38-4/h7-8,10-17,28,34H,5-6,9H2,1-4H3. The van der Waals surface area contributed by atoms with Gasteiger partial charge >= 0.3 is 5.97 Å². The van der Waals surface area contributed by atoms with Gasteiger partial charge in [0, 0.05) is 5.56 Å². The van der Waals surface area contributed by atoms with Crippen LogP contribution in [-0.4, -0.2) is 36.5 Å². The highest BCUT2D eigenvalue weighted by molar-refractivity contribution is 7.07. The maximum Gasteiger partial charge on any atom is 0.338 e. The number of methoxy groups -OCH3 is 2. The number of fused-ring (bicyclic) bond motifs is 2. The molecule has 1 unspecified atom stereocenters. The van der Waals surface area contributed by atoms with Gasteiger partial charge in [-0.1, -0.05) is 61.1 Å². The van der Waals surface area contributed by atoms with Crippen molar-refractivity contribution in [1.82, 2.24) is 4.57 Å². The summed E-state index contributed by atoms with van der Waals surface area (Å²) in [5.74, 6) is 0.357. The summed E-state index contributed by atoms with van der Waals surface area (Å²) in [6.45, 7) is 3.97. The van der Waals surface area contributed by atoms with Crippen LogP contribution in [0.5, 0.6) is 17.2 Å². The molecule has 4 aromatic rings. The SMILES string of the molecule is CCCC1=C(C(=O)OCC)C(c2c(OC)ccc3ccccc23)n2c(sc(=Cc3ccc(O)c(OC)c3)c2=O)=N1. The Bertz CT molecular complexity index is 1820. The largest absolute Gasteiger partial charge is 0.504 e. The number of carbonyl (C=O) groups excluding carboxylic acids is 1. The molecule has 8 nitrogen and oxygen atoms in total. The number of ether oxygens (including phenoxy) is 3. The van der Waals surface area contributed by atoms with Crippen LogP contribution in [0.3, 0.4) is 0 Å². The number of phenolic OH excluding ortho intramolecular Hbond substituents is 1. The van der Waals surface area contributed by atoms with Crippen molar-refractivity contribution in [1.29, 1.82) is 0 Å². The van der Waals surface area contributed by atoms with Gasteiger partial charge in [-0.25, -0.2) is 9.79 Å². The number of nitrogens with zero attached hydrogens (tertiary/aromatic N) is 2. The first-order chi connectivity index (χ1) is 19.4. The average Bonchev–Trinajstić information content (AvgIpc) is 3.27. The van der Waals surface area contributed by atoms with Crippen LogP contribution in [0.2, 0.25) is 0 Å². The number of benzene rings is 3. The maximum absolute atomic E-state index is 14.1. The molecule has 1 aromatic heterocycles. The zero-order valence-electron chi connectivity index (χ0n) is 22.8. The number of carbonyl (C=O) groups is 1. The van der Waals surface area contributed by atoms with Gasteiger partial charge in [0.05, 0.1) is 36.6 Å². The van der Waals surface area contributed by atoms with Gasteiger partial charge in [-0.15, -0.1) is 0 Å². The molecule has 0 bridgehead atoms. The fraction of sp³-hybridized carbons (Fsp3) is 0.258. The molecule has 0 amide bonds. The normalized spacial score (nSPS) is 15.1. The second-order valence-electron chi connectivity index (χ2n) is 9.25. The zero-order valence-corrected chi connectivity index (χ0v) is 23.6.